The van der Waals surface area contributed by atoms with E-state index < -0.39 is 0 Å². The number of nitrogens with zero attached hydrogens (tertiary/aromatic N) is 3. The van der Waals surface area contributed by atoms with E-state index in [4.69, 9.17) is 0 Å². The van der Waals surface area contributed by atoms with Crippen molar-refractivity contribution in [2.24, 2.45) is 0 Å². The fourth-order valence-corrected chi connectivity index (χ4v) is 2.80. The van der Waals surface area contributed by atoms with Crippen LogP contribution >= 0.6 is 0 Å². The second-order valence-electron chi connectivity index (χ2n) is 6.17. The SMILES string of the molecule is CC(C)N1CCC(NCc2cncn2C(C)C)CC1. The summed E-state index contributed by atoms with van der Waals surface area (Å²) in [6.45, 7) is 12.4. The maximum Gasteiger partial charge on any atom is 0.0951 e. The lowest BCUT2D eigenvalue weighted by atomic mass is 10.0. The summed E-state index contributed by atoms with van der Waals surface area (Å²) in [5.74, 6) is 0. The molecule has 0 amide bonds. The highest BCUT2D eigenvalue weighted by molar-refractivity contribution is 5.00. The summed E-state index contributed by atoms with van der Waals surface area (Å²) in [5.41, 5.74) is 1.29. The van der Waals surface area contributed by atoms with Crippen molar-refractivity contribution in [1.82, 2.24) is 19.8 Å². The van der Waals surface area contributed by atoms with Crippen molar-refractivity contribution in [2.75, 3.05) is 13.1 Å². The Morgan fingerprint density at radius 3 is 2.47 bits per heavy atom. The Morgan fingerprint density at radius 1 is 1.21 bits per heavy atom. The van der Waals surface area contributed by atoms with Gasteiger partial charge in [-0.2, -0.15) is 0 Å². The van der Waals surface area contributed by atoms with Crippen molar-refractivity contribution in [3.63, 3.8) is 0 Å². The quantitative estimate of drug-likeness (QED) is 0.886. The van der Waals surface area contributed by atoms with Crippen molar-refractivity contribution in [2.45, 2.75) is 65.2 Å². The number of piperidine rings is 1. The Morgan fingerprint density at radius 2 is 1.89 bits per heavy atom. The van der Waals surface area contributed by atoms with E-state index in [9.17, 15) is 0 Å². The van der Waals surface area contributed by atoms with Gasteiger partial charge in [-0.05, 0) is 53.6 Å². The number of aromatic nitrogens is 2. The summed E-state index contributed by atoms with van der Waals surface area (Å²) in [6.07, 6.45) is 6.43. The van der Waals surface area contributed by atoms with Crippen LogP contribution < -0.4 is 5.32 Å². The van der Waals surface area contributed by atoms with Crippen LogP contribution in [0, 0.1) is 0 Å². The van der Waals surface area contributed by atoms with Crippen LogP contribution in [0.25, 0.3) is 0 Å². The van der Waals surface area contributed by atoms with Gasteiger partial charge in [0, 0.05) is 30.9 Å². The average Bonchev–Trinajstić information content (AvgIpc) is 2.85. The molecule has 0 bridgehead atoms. The number of likely N-dealkylation sites (tertiary alicyclic amines) is 1. The minimum absolute atomic E-state index is 0.488. The van der Waals surface area contributed by atoms with Crippen molar-refractivity contribution in [1.29, 1.82) is 0 Å². The Balaban J connectivity index is 1.79. The van der Waals surface area contributed by atoms with E-state index in [0.29, 0.717) is 18.1 Å². The van der Waals surface area contributed by atoms with Crippen LogP contribution in [0.15, 0.2) is 12.5 Å². The number of hydrogen-bond donors (Lipinski definition) is 1. The summed E-state index contributed by atoms with van der Waals surface area (Å²) in [4.78, 5) is 6.82. The lowest BCUT2D eigenvalue weighted by Gasteiger charge is -2.35. The monoisotopic (exact) mass is 264 g/mol. The molecule has 1 N–H and O–H groups in total. The highest BCUT2D eigenvalue weighted by atomic mass is 15.2. The molecule has 1 aromatic rings. The van der Waals surface area contributed by atoms with Gasteiger partial charge in [0.2, 0.25) is 0 Å². The first-order valence-corrected chi connectivity index (χ1v) is 7.56. The Bertz CT molecular complexity index is 375. The number of imidazole rings is 1. The molecule has 1 saturated heterocycles. The van der Waals surface area contributed by atoms with Crippen LogP contribution in [-0.4, -0.2) is 39.6 Å². The van der Waals surface area contributed by atoms with Crippen LogP contribution in [0.4, 0.5) is 0 Å². The molecule has 19 heavy (non-hydrogen) atoms. The normalized spacial score (nSPS) is 18.6. The molecule has 0 radical (unpaired) electrons. The molecule has 2 rings (SSSR count). The number of hydrogen-bond acceptors (Lipinski definition) is 3. The van der Waals surface area contributed by atoms with E-state index in [1.165, 1.54) is 31.6 Å². The van der Waals surface area contributed by atoms with Crippen LogP contribution in [-0.2, 0) is 6.54 Å². The van der Waals surface area contributed by atoms with Gasteiger partial charge in [-0.25, -0.2) is 4.98 Å². The molecule has 4 heteroatoms. The minimum Gasteiger partial charge on any atom is -0.331 e. The summed E-state index contributed by atoms with van der Waals surface area (Å²) in [7, 11) is 0. The van der Waals surface area contributed by atoms with Crippen molar-refractivity contribution >= 4 is 0 Å². The fraction of sp³-hybridized carbons (Fsp3) is 0.800. The first-order valence-electron chi connectivity index (χ1n) is 7.56. The van der Waals surface area contributed by atoms with Gasteiger partial charge >= 0.3 is 0 Å². The topological polar surface area (TPSA) is 33.1 Å². The predicted octanol–water partition coefficient (Wildman–Crippen LogP) is 2.43. The maximum absolute atomic E-state index is 4.26. The van der Waals surface area contributed by atoms with Gasteiger partial charge in [-0.3, -0.25) is 0 Å². The van der Waals surface area contributed by atoms with Crippen LogP contribution in [0.1, 0.15) is 52.3 Å². The van der Waals surface area contributed by atoms with Crippen molar-refractivity contribution in [3.8, 4) is 0 Å². The lowest BCUT2D eigenvalue weighted by Crippen LogP contribution is -2.44. The lowest BCUT2D eigenvalue weighted by molar-refractivity contribution is 0.160. The first kappa shape index (κ1) is 14.5. The van der Waals surface area contributed by atoms with E-state index in [2.05, 4.69) is 47.5 Å². The first-order chi connectivity index (χ1) is 9.08. The molecule has 1 aliphatic rings. The van der Waals surface area contributed by atoms with Gasteiger partial charge in [0.25, 0.3) is 0 Å². The summed E-state index contributed by atoms with van der Waals surface area (Å²) >= 11 is 0. The van der Waals surface area contributed by atoms with Gasteiger partial charge in [0.1, 0.15) is 0 Å². The zero-order valence-electron chi connectivity index (χ0n) is 12.8. The van der Waals surface area contributed by atoms with E-state index in [0.717, 1.165) is 6.54 Å². The van der Waals surface area contributed by atoms with E-state index >= 15 is 0 Å². The van der Waals surface area contributed by atoms with Gasteiger partial charge < -0.3 is 14.8 Å². The summed E-state index contributed by atoms with van der Waals surface area (Å²) < 4.78 is 2.25. The summed E-state index contributed by atoms with van der Waals surface area (Å²) in [6, 6.07) is 1.83. The Hall–Kier alpha value is -0.870. The Kier molecular flexibility index (Phi) is 4.99. The van der Waals surface area contributed by atoms with E-state index in [-0.39, 0.29) is 0 Å². The van der Waals surface area contributed by atoms with Crippen molar-refractivity contribution < 1.29 is 0 Å². The molecule has 108 valence electrons. The smallest absolute Gasteiger partial charge is 0.0951 e. The third-order valence-corrected chi connectivity index (χ3v) is 4.13. The molecule has 1 fully saturated rings. The molecule has 1 aliphatic heterocycles. The fourth-order valence-electron chi connectivity index (χ4n) is 2.80. The average molecular weight is 264 g/mol. The molecule has 1 aromatic heterocycles. The predicted molar refractivity (Wildman–Crippen MR) is 79.2 cm³/mol. The molecular formula is C15H28N4. The van der Waals surface area contributed by atoms with Gasteiger partial charge in [0.15, 0.2) is 0 Å². The second-order valence-corrected chi connectivity index (χ2v) is 6.17. The molecule has 0 unspecified atom stereocenters. The molecule has 4 nitrogen and oxygen atoms in total. The molecule has 0 saturated carbocycles. The molecule has 0 atom stereocenters. The molecular weight excluding hydrogens is 236 g/mol. The maximum atomic E-state index is 4.26. The Labute approximate surface area is 117 Å². The molecule has 0 aromatic carbocycles. The van der Waals surface area contributed by atoms with Crippen molar-refractivity contribution in [3.05, 3.63) is 18.2 Å². The highest BCUT2D eigenvalue weighted by Crippen LogP contribution is 2.14. The zero-order chi connectivity index (χ0) is 13.8. The summed E-state index contributed by atoms with van der Waals surface area (Å²) in [5, 5.41) is 3.69. The van der Waals surface area contributed by atoms with Crippen LogP contribution in [0.2, 0.25) is 0 Å². The molecule has 0 spiro atoms. The number of nitrogens with one attached hydrogen (secondary N) is 1. The molecule has 0 aliphatic carbocycles. The standard InChI is InChI=1S/C15H28N4/c1-12(2)18-7-5-14(6-8-18)17-10-15-9-16-11-19(15)13(3)4/h9,11-14,17H,5-8,10H2,1-4H3. The largest absolute Gasteiger partial charge is 0.331 e. The third kappa shape index (κ3) is 3.80. The van der Waals surface area contributed by atoms with Crippen LogP contribution in [0.5, 0.6) is 0 Å². The highest BCUT2D eigenvalue weighted by Gasteiger charge is 2.20. The van der Waals surface area contributed by atoms with Gasteiger partial charge in [-0.15, -0.1) is 0 Å². The second kappa shape index (κ2) is 6.53. The van der Waals surface area contributed by atoms with Crippen LogP contribution in [0.3, 0.4) is 0 Å². The molecule has 2 heterocycles. The third-order valence-electron chi connectivity index (χ3n) is 4.13. The minimum atomic E-state index is 0.488. The van der Waals surface area contributed by atoms with E-state index in [1.54, 1.807) is 0 Å². The van der Waals surface area contributed by atoms with Gasteiger partial charge in [0.05, 0.1) is 12.0 Å². The zero-order valence-corrected chi connectivity index (χ0v) is 12.8. The van der Waals surface area contributed by atoms with Gasteiger partial charge in [-0.1, -0.05) is 0 Å². The van der Waals surface area contributed by atoms with E-state index in [1.807, 2.05) is 12.5 Å². The number of rotatable bonds is 5.